The van der Waals surface area contributed by atoms with Gasteiger partial charge in [-0.25, -0.2) is 0 Å². The highest BCUT2D eigenvalue weighted by Gasteiger charge is 2.16. The maximum atomic E-state index is 12.2. The van der Waals surface area contributed by atoms with Crippen molar-refractivity contribution in [2.45, 2.75) is 13.3 Å². The van der Waals surface area contributed by atoms with E-state index in [2.05, 4.69) is 10.2 Å². The van der Waals surface area contributed by atoms with Crippen LogP contribution in [0.4, 0.5) is 0 Å². The van der Waals surface area contributed by atoms with E-state index in [1.165, 1.54) is 6.92 Å². The number of hydrogen-bond donors (Lipinski definition) is 1. The third-order valence-corrected chi connectivity index (χ3v) is 4.48. The first-order valence-electron chi connectivity index (χ1n) is 9.04. The van der Waals surface area contributed by atoms with E-state index in [4.69, 9.17) is 9.47 Å². The van der Waals surface area contributed by atoms with E-state index in [1.54, 1.807) is 12.0 Å². The van der Waals surface area contributed by atoms with Gasteiger partial charge in [-0.1, -0.05) is 18.2 Å². The van der Waals surface area contributed by atoms with Crippen LogP contribution in [0.2, 0.25) is 0 Å². The number of amides is 2. The Morgan fingerprint density at radius 3 is 2.69 bits per heavy atom. The molecule has 0 radical (unpaired) electrons. The summed E-state index contributed by atoms with van der Waals surface area (Å²) in [6.45, 7) is 6.61. The largest absolute Gasteiger partial charge is 0.496 e. The third-order valence-electron chi connectivity index (χ3n) is 4.48. The average molecular weight is 363 g/mol. The molecule has 2 amide bonds. The van der Waals surface area contributed by atoms with Gasteiger partial charge in [-0.05, 0) is 18.1 Å². The second kappa shape index (κ2) is 10.8. The van der Waals surface area contributed by atoms with E-state index in [1.807, 2.05) is 24.3 Å². The Hall–Kier alpha value is -2.12. The molecule has 1 aliphatic rings. The lowest BCUT2D eigenvalue weighted by Gasteiger charge is -2.29. The summed E-state index contributed by atoms with van der Waals surface area (Å²) in [7, 11) is 1.64. The van der Waals surface area contributed by atoms with Crippen LogP contribution in [-0.4, -0.2) is 81.2 Å². The van der Waals surface area contributed by atoms with Crippen molar-refractivity contribution in [2.24, 2.45) is 0 Å². The molecule has 0 spiro atoms. The first-order chi connectivity index (χ1) is 12.6. The van der Waals surface area contributed by atoms with Crippen LogP contribution in [0, 0.1) is 0 Å². The molecule has 2 rings (SSSR count). The number of carbonyl (C=O) groups is 2. The SMILES string of the molecule is COc1ccccc1CCNC(=O)CN(CCN1CCOCC1)C(C)=O. The Kier molecular flexibility index (Phi) is 8.37. The number of methoxy groups -OCH3 is 1. The van der Waals surface area contributed by atoms with Crippen molar-refractivity contribution >= 4 is 11.8 Å². The molecule has 0 bridgehead atoms. The number of ether oxygens (including phenoxy) is 2. The van der Waals surface area contributed by atoms with E-state index in [9.17, 15) is 9.59 Å². The fourth-order valence-electron chi connectivity index (χ4n) is 2.91. The zero-order valence-electron chi connectivity index (χ0n) is 15.7. The molecular formula is C19H29N3O4. The molecule has 7 heteroatoms. The van der Waals surface area contributed by atoms with Crippen molar-refractivity contribution < 1.29 is 19.1 Å². The van der Waals surface area contributed by atoms with Gasteiger partial charge in [-0.3, -0.25) is 14.5 Å². The lowest BCUT2D eigenvalue weighted by atomic mass is 10.1. The van der Waals surface area contributed by atoms with Crippen LogP contribution in [0.15, 0.2) is 24.3 Å². The molecule has 0 aliphatic carbocycles. The van der Waals surface area contributed by atoms with E-state index in [0.29, 0.717) is 19.5 Å². The molecule has 1 saturated heterocycles. The number of hydrogen-bond acceptors (Lipinski definition) is 5. The molecule has 0 aromatic heterocycles. The number of nitrogens with one attached hydrogen (secondary N) is 1. The third kappa shape index (κ3) is 6.65. The van der Waals surface area contributed by atoms with Crippen molar-refractivity contribution in [1.29, 1.82) is 0 Å². The molecule has 1 aliphatic heterocycles. The highest BCUT2D eigenvalue weighted by atomic mass is 16.5. The van der Waals surface area contributed by atoms with Crippen LogP contribution < -0.4 is 10.1 Å². The second-order valence-electron chi connectivity index (χ2n) is 6.31. The average Bonchev–Trinajstić information content (AvgIpc) is 2.66. The van der Waals surface area contributed by atoms with Crippen LogP contribution in [0.1, 0.15) is 12.5 Å². The highest BCUT2D eigenvalue weighted by Crippen LogP contribution is 2.17. The lowest BCUT2D eigenvalue weighted by Crippen LogP contribution is -2.45. The number of benzene rings is 1. The van der Waals surface area contributed by atoms with Crippen molar-refractivity contribution in [2.75, 3.05) is 59.6 Å². The predicted molar refractivity (Wildman–Crippen MR) is 99.2 cm³/mol. The highest BCUT2D eigenvalue weighted by molar-refractivity contribution is 5.83. The van der Waals surface area contributed by atoms with E-state index < -0.39 is 0 Å². The Balaban J connectivity index is 1.73. The Labute approximate surface area is 155 Å². The van der Waals surface area contributed by atoms with E-state index in [0.717, 1.165) is 44.2 Å². The van der Waals surface area contributed by atoms with Gasteiger partial charge in [-0.15, -0.1) is 0 Å². The van der Waals surface area contributed by atoms with Gasteiger partial charge in [0, 0.05) is 39.6 Å². The maximum absolute atomic E-state index is 12.2. The Morgan fingerprint density at radius 1 is 1.27 bits per heavy atom. The van der Waals surface area contributed by atoms with Gasteiger partial charge in [0.15, 0.2) is 0 Å². The summed E-state index contributed by atoms with van der Waals surface area (Å²) in [6.07, 6.45) is 0.684. The number of morpholine rings is 1. The Bertz CT molecular complexity index is 588. The van der Waals surface area contributed by atoms with Crippen LogP contribution in [0.5, 0.6) is 5.75 Å². The molecule has 0 atom stereocenters. The van der Waals surface area contributed by atoms with Gasteiger partial charge in [0.1, 0.15) is 5.75 Å². The minimum absolute atomic E-state index is 0.0851. The summed E-state index contributed by atoms with van der Waals surface area (Å²) in [5.41, 5.74) is 1.05. The molecule has 1 fully saturated rings. The molecule has 7 nitrogen and oxygen atoms in total. The number of carbonyl (C=O) groups excluding carboxylic acids is 2. The molecular weight excluding hydrogens is 334 g/mol. The second-order valence-corrected chi connectivity index (χ2v) is 6.31. The van der Waals surface area contributed by atoms with Gasteiger partial charge < -0.3 is 19.7 Å². The van der Waals surface area contributed by atoms with Crippen LogP contribution in [0.25, 0.3) is 0 Å². The normalized spacial score (nSPS) is 14.7. The van der Waals surface area contributed by atoms with Crippen LogP contribution in [-0.2, 0) is 20.7 Å². The van der Waals surface area contributed by atoms with Gasteiger partial charge >= 0.3 is 0 Å². The van der Waals surface area contributed by atoms with Crippen LogP contribution in [0.3, 0.4) is 0 Å². The Morgan fingerprint density at radius 2 is 2.00 bits per heavy atom. The summed E-state index contributed by atoms with van der Waals surface area (Å²) in [5.74, 6) is 0.591. The van der Waals surface area contributed by atoms with Gasteiger partial charge in [-0.2, -0.15) is 0 Å². The molecule has 144 valence electrons. The summed E-state index contributed by atoms with van der Waals surface area (Å²) in [4.78, 5) is 27.8. The first kappa shape index (κ1) is 20.2. The topological polar surface area (TPSA) is 71.1 Å². The summed E-state index contributed by atoms with van der Waals surface area (Å²) < 4.78 is 10.6. The number of nitrogens with zero attached hydrogens (tertiary/aromatic N) is 2. The summed E-state index contributed by atoms with van der Waals surface area (Å²) in [6, 6.07) is 7.75. The van der Waals surface area contributed by atoms with Gasteiger partial charge in [0.2, 0.25) is 11.8 Å². The standard InChI is InChI=1S/C19H29N3O4/c1-16(23)22(10-9-21-11-13-26-14-12-21)15-19(24)20-8-7-17-5-3-4-6-18(17)25-2/h3-6H,7-15H2,1-2H3,(H,20,24). The monoisotopic (exact) mass is 363 g/mol. The quantitative estimate of drug-likeness (QED) is 0.693. The zero-order valence-corrected chi connectivity index (χ0v) is 15.7. The molecule has 1 aromatic rings. The van der Waals surface area contributed by atoms with Gasteiger partial charge in [0.25, 0.3) is 0 Å². The molecule has 0 saturated carbocycles. The fraction of sp³-hybridized carbons (Fsp3) is 0.579. The first-order valence-corrected chi connectivity index (χ1v) is 9.04. The van der Waals surface area contributed by atoms with Crippen molar-refractivity contribution in [3.63, 3.8) is 0 Å². The zero-order chi connectivity index (χ0) is 18.8. The fourth-order valence-corrected chi connectivity index (χ4v) is 2.91. The summed E-state index contributed by atoms with van der Waals surface area (Å²) >= 11 is 0. The minimum Gasteiger partial charge on any atom is -0.496 e. The molecule has 0 unspecified atom stereocenters. The number of para-hydroxylation sites is 1. The number of rotatable bonds is 9. The maximum Gasteiger partial charge on any atom is 0.239 e. The lowest BCUT2D eigenvalue weighted by molar-refractivity contribution is -0.134. The smallest absolute Gasteiger partial charge is 0.239 e. The van der Waals surface area contributed by atoms with Crippen molar-refractivity contribution in [3.05, 3.63) is 29.8 Å². The predicted octanol–water partition coefficient (Wildman–Crippen LogP) is 0.535. The summed E-state index contributed by atoms with van der Waals surface area (Å²) in [5, 5.41) is 2.88. The molecule has 1 N–H and O–H groups in total. The van der Waals surface area contributed by atoms with Gasteiger partial charge in [0.05, 0.1) is 26.9 Å². The minimum atomic E-state index is -0.142. The molecule has 26 heavy (non-hydrogen) atoms. The van der Waals surface area contributed by atoms with E-state index >= 15 is 0 Å². The van der Waals surface area contributed by atoms with Crippen molar-refractivity contribution in [1.82, 2.24) is 15.1 Å². The van der Waals surface area contributed by atoms with Crippen molar-refractivity contribution in [3.8, 4) is 5.75 Å². The van der Waals surface area contributed by atoms with E-state index in [-0.39, 0.29) is 18.4 Å². The molecule has 1 heterocycles. The molecule has 1 aromatic carbocycles. The van der Waals surface area contributed by atoms with Crippen LogP contribution >= 0.6 is 0 Å².